The van der Waals surface area contributed by atoms with Crippen LogP contribution in [0.3, 0.4) is 0 Å². The van der Waals surface area contributed by atoms with Crippen molar-refractivity contribution in [2.75, 3.05) is 71.0 Å². The van der Waals surface area contributed by atoms with Crippen molar-refractivity contribution in [2.45, 2.75) is 63.2 Å². The number of nitrogen functional groups attached to an aromatic ring is 1. The number of ether oxygens (including phenoxy) is 1. The van der Waals surface area contributed by atoms with Gasteiger partial charge in [-0.05, 0) is 104 Å². The summed E-state index contributed by atoms with van der Waals surface area (Å²) in [5, 5.41) is 26.0. The molecule has 6 rings (SSSR count). The van der Waals surface area contributed by atoms with Gasteiger partial charge in [0.15, 0.2) is 22.9 Å². The number of carbonyl (C=O) groups excluding carboxylic acids is 2. The van der Waals surface area contributed by atoms with Gasteiger partial charge in [0.2, 0.25) is 0 Å². The number of nitrogens with zero attached hydrogens (tertiary/aromatic N) is 4. The highest BCUT2D eigenvalue weighted by atomic mass is 79.9. The number of aliphatic hydroxyl groups excluding tert-OH is 2. The highest BCUT2D eigenvalue weighted by molar-refractivity contribution is 9.10. The maximum absolute atomic E-state index is 12.8. The molecule has 1 amide bonds. The number of terminal acetylenes is 1. The maximum Gasteiger partial charge on any atom is 0.359 e. The molecular formula is C45H57BrN6O15P2S4. The van der Waals surface area contributed by atoms with Crippen molar-refractivity contribution in [2.24, 2.45) is 0 Å². The van der Waals surface area contributed by atoms with Crippen LogP contribution in [-0.2, 0) is 61.6 Å². The van der Waals surface area contributed by atoms with E-state index >= 15 is 0 Å². The number of amides is 1. The number of esters is 1. The third kappa shape index (κ3) is 17.2. The summed E-state index contributed by atoms with van der Waals surface area (Å²) in [6.07, 6.45) is 11.2. The van der Waals surface area contributed by atoms with E-state index in [0.29, 0.717) is 69.7 Å². The molecule has 4 aromatic heterocycles. The minimum Gasteiger partial charge on any atom is -0.504 e. The summed E-state index contributed by atoms with van der Waals surface area (Å²) in [6.45, 7) is 8.57. The van der Waals surface area contributed by atoms with Crippen LogP contribution < -0.4 is 11.1 Å². The summed E-state index contributed by atoms with van der Waals surface area (Å²) in [7, 11) is -10.1. The number of halogens is 1. The van der Waals surface area contributed by atoms with Crippen LogP contribution >= 0.6 is 53.8 Å². The van der Waals surface area contributed by atoms with Crippen molar-refractivity contribution in [1.82, 2.24) is 18.6 Å². The van der Waals surface area contributed by atoms with E-state index in [2.05, 4.69) is 53.7 Å². The van der Waals surface area contributed by atoms with Crippen LogP contribution in [0.4, 0.5) is 11.6 Å². The molecule has 0 spiro atoms. The van der Waals surface area contributed by atoms with Gasteiger partial charge in [-0.1, -0.05) is 11.8 Å². The second-order valence-electron chi connectivity index (χ2n) is 14.4. The van der Waals surface area contributed by atoms with Crippen LogP contribution in [0.25, 0.3) is 11.5 Å². The second-order valence-corrected chi connectivity index (χ2v) is 25.4. The van der Waals surface area contributed by atoms with Crippen molar-refractivity contribution in [3.63, 3.8) is 0 Å². The lowest BCUT2D eigenvalue weighted by atomic mass is 10.2. The third-order valence-electron chi connectivity index (χ3n) is 9.42. The average Bonchev–Trinajstić information content (AvgIpc) is 4.06. The van der Waals surface area contributed by atoms with Gasteiger partial charge < -0.3 is 44.1 Å². The van der Waals surface area contributed by atoms with Gasteiger partial charge in [0.1, 0.15) is 21.4 Å². The van der Waals surface area contributed by atoms with E-state index in [1.165, 1.54) is 49.3 Å². The van der Waals surface area contributed by atoms with Gasteiger partial charge in [0, 0.05) is 49.4 Å². The van der Waals surface area contributed by atoms with E-state index in [9.17, 15) is 45.8 Å². The number of methoxy groups -OCH3 is 1. The molecule has 6 heterocycles. The Morgan fingerprint density at radius 3 is 1.68 bits per heavy atom. The SMILES string of the molecule is C#CCCCP(=O)(OCC)OCC.CCOP(=O)(CCCC#Cc1ccc(NC(=O)C2=C(O)c3sccc3S(=O)(=O)N2C)nc1)OCC.COC(=O)C1=C(O)c2sccc2S(=O)(=O)N1C.Nc1ccc(Br)cn1. The third-order valence-corrected chi connectivity index (χ3v) is 19.9. The number of unbranched alkanes of at least 4 members (excludes halogenated alkanes) is 2. The first-order valence-corrected chi connectivity index (χ1v) is 30.8. The molecule has 4 aromatic rings. The summed E-state index contributed by atoms with van der Waals surface area (Å²) in [5.41, 5.74) is 5.14. The number of nitrogens with two attached hydrogens (primary N) is 1. The largest absolute Gasteiger partial charge is 0.504 e. The fourth-order valence-corrected chi connectivity index (χ4v) is 14.8. The molecule has 0 aliphatic carbocycles. The number of pyridine rings is 2. The molecule has 0 unspecified atom stereocenters. The van der Waals surface area contributed by atoms with E-state index in [-0.39, 0.29) is 48.7 Å². The van der Waals surface area contributed by atoms with Gasteiger partial charge in [-0.2, -0.15) is 0 Å². The van der Waals surface area contributed by atoms with Gasteiger partial charge in [-0.25, -0.2) is 31.6 Å². The van der Waals surface area contributed by atoms with Crippen LogP contribution in [0.1, 0.15) is 68.7 Å². The van der Waals surface area contributed by atoms with Crippen LogP contribution in [0, 0.1) is 24.2 Å². The van der Waals surface area contributed by atoms with E-state index in [1.807, 2.05) is 6.07 Å². The topological polar surface area (TPSA) is 293 Å². The fourth-order valence-electron chi connectivity index (χ4n) is 6.09. The number of carbonyl (C=O) groups is 2. The smallest absolute Gasteiger partial charge is 0.359 e. The monoisotopic (exact) mass is 1190 g/mol. The van der Waals surface area contributed by atoms with Crippen LogP contribution in [0.15, 0.2) is 85.2 Å². The Hall–Kier alpha value is -5.08. The molecule has 0 fully saturated rings. The predicted octanol–water partition coefficient (Wildman–Crippen LogP) is 8.91. The number of hydrogen-bond donors (Lipinski definition) is 4. The lowest BCUT2D eigenvalue weighted by Crippen LogP contribution is -2.36. The highest BCUT2D eigenvalue weighted by Crippen LogP contribution is 2.49. The molecular weight excluding hydrogens is 1130 g/mol. The Morgan fingerprint density at radius 2 is 1.26 bits per heavy atom. The zero-order valence-corrected chi connectivity index (χ0v) is 47.5. The molecule has 2 aliphatic heterocycles. The summed E-state index contributed by atoms with van der Waals surface area (Å²) < 4.78 is 101. The summed E-state index contributed by atoms with van der Waals surface area (Å²) in [6, 6.07) is 9.52. The molecule has 0 radical (unpaired) electrons. The van der Waals surface area contributed by atoms with Crippen molar-refractivity contribution < 1.29 is 68.6 Å². The molecule has 5 N–H and O–H groups in total. The number of anilines is 2. The molecule has 2 aliphatic rings. The van der Waals surface area contributed by atoms with Crippen LogP contribution in [0.2, 0.25) is 0 Å². The Balaban J connectivity index is 0.000000303. The lowest BCUT2D eigenvalue weighted by molar-refractivity contribution is -0.137. The Kier molecular flexibility index (Phi) is 24.8. The quantitative estimate of drug-likeness (QED) is 0.0332. The first kappa shape index (κ1) is 62.2. The van der Waals surface area contributed by atoms with Gasteiger partial charge in [-0.3, -0.25) is 22.5 Å². The average molecular weight is 1190 g/mol. The predicted molar refractivity (Wildman–Crippen MR) is 284 cm³/mol. The van der Waals surface area contributed by atoms with Gasteiger partial charge in [0.05, 0.1) is 55.6 Å². The molecule has 0 saturated heterocycles. The number of aromatic nitrogens is 2. The van der Waals surface area contributed by atoms with Crippen LogP contribution in [0.5, 0.6) is 0 Å². The number of aliphatic hydroxyl groups is 2. The minimum atomic E-state index is -3.94. The Labute approximate surface area is 442 Å². The van der Waals surface area contributed by atoms with Gasteiger partial charge >= 0.3 is 21.2 Å². The maximum atomic E-state index is 12.8. The Morgan fingerprint density at radius 1 is 0.767 bits per heavy atom. The number of sulfonamides is 2. The van der Waals surface area contributed by atoms with Crippen LogP contribution in [-0.4, -0.2) is 117 Å². The summed E-state index contributed by atoms with van der Waals surface area (Å²) in [4.78, 5) is 32.4. The van der Waals surface area contributed by atoms with Crippen molar-refractivity contribution in [3.05, 3.63) is 90.7 Å². The molecule has 73 heavy (non-hydrogen) atoms. The number of hydrogen-bond acceptors (Lipinski definition) is 20. The highest BCUT2D eigenvalue weighted by Gasteiger charge is 2.40. The molecule has 28 heteroatoms. The van der Waals surface area contributed by atoms with E-state index in [0.717, 1.165) is 42.9 Å². The molecule has 0 saturated carbocycles. The van der Waals surface area contributed by atoms with Gasteiger partial charge in [0.25, 0.3) is 26.0 Å². The molecule has 0 aromatic carbocycles. The first-order valence-electron chi connectivity index (χ1n) is 21.9. The number of likely N-dealkylation sites (N-methyl/N-ethyl adjacent to an activating group) is 2. The van der Waals surface area contributed by atoms with Crippen molar-refractivity contribution in [1.29, 1.82) is 0 Å². The number of fused-ring (bicyclic) bond motifs is 2. The van der Waals surface area contributed by atoms with E-state index < -0.39 is 52.9 Å². The molecule has 21 nitrogen and oxygen atoms in total. The minimum absolute atomic E-state index is 0.00449. The zero-order chi connectivity index (χ0) is 54.6. The van der Waals surface area contributed by atoms with Crippen molar-refractivity contribution >= 4 is 109 Å². The molecule has 0 atom stereocenters. The number of nitrogens with one attached hydrogen (secondary N) is 1. The lowest BCUT2D eigenvalue weighted by Gasteiger charge is -2.26. The van der Waals surface area contributed by atoms with E-state index in [4.69, 9.17) is 30.3 Å². The number of rotatable bonds is 17. The molecule has 0 bridgehead atoms. The normalized spacial score (nSPS) is 14.2. The summed E-state index contributed by atoms with van der Waals surface area (Å²) >= 11 is 5.31. The summed E-state index contributed by atoms with van der Waals surface area (Å²) in [5.74, 6) is 6.63. The Bertz CT molecular complexity index is 2980. The standard InChI is InChI=1S/C22H26N3O7PS2.C9H9NO5S2.C9H17O3P.C5H5BrN2/c1-4-31-33(28,32-5-2)13-8-6-7-9-16-10-11-18(23-15-16)24-22(27)19-20(26)21-17(12-14-34-21)35(29,30)25(19)3;1-10-6(9(12)15-2)7(11)8-5(3-4-16-8)17(10,13)14;1-4-7-8-9-13(10,11-5-2)12-6-3;6-4-1-2-5(7)8-3-4/h10-12,14-15,26H,4-6,8,13H2,1-3H3,(H,23,24,27);3-4,11H,1-2H3;1H,5-9H2,2-3H3;1-3H,(H2,7,8). The number of thiophene rings is 2. The second kappa shape index (κ2) is 29.1. The zero-order valence-electron chi connectivity index (χ0n) is 40.9. The van der Waals surface area contributed by atoms with Crippen molar-refractivity contribution in [3.8, 4) is 24.2 Å². The first-order chi connectivity index (χ1) is 34.5. The van der Waals surface area contributed by atoms with E-state index in [1.54, 1.807) is 46.0 Å². The fraction of sp³-hybridized carbons (Fsp3) is 0.378. The van der Waals surface area contributed by atoms with Gasteiger partial charge in [-0.15, -0.1) is 35.0 Å². The molecule has 398 valence electrons.